The summed E-state index contributed by atoms with van der Waals surface area (Å²) in [5.41, 5.74) is 6.63. The molecule has 1 aromatic carbocycles. The van der Waals surface area contributed by atoms with Crippen LogP contribution in [-0.4, -0.2) is 42.9 Å². The van der Waals surface area contributed by atoms with Crippen molar-refractivity contribution in [3.8, 4) is 0 Å². The molecule has 0 bridgehead atoms. The van der Waals surface area contributed by atoms with Gasteiger partial charge in [-0.1, -0.05) is 43.2 Å². The fourth-order valence-electron chi connectivity index (χ4n) is 4.61. The van der Waals surface area contributed by atoms with Crippen molar-refractivity contribution in [2.75, 3.05) is 26.2 Å². The van der Waals surface area contributed by atoms with Crippen LogP contribution in [0.15, 0.2) is 30.3 Å². The lowest BCUT2D eigenvalue weighted by Gasteiger charge is -2.32. The highest BCUT2D eigenvalue weighted by molar-refractivity contribution is 5.79. The Bertz CT molecular complexity index is 599. The molecular formula is C21H31N3O2. The summed E-state index contributed by atoms with van der Waals surface area (Å²) in [6, 6.07) is 10.6. The Labute approximate surface area is 156 Å². The molecule has 0 spiro atoms. The van der Waals surface area contributed by atoms with Crippen molar-refractivity contribution in [3.63, 3.8) is 0 Å². The van der Waals surface area contributed by atoms with Crippen molar-refractivity contribution in [1.29, 1.82) is 0 Å². The largest absolute Gasteiger partial charge is 0.369 e. The molecule has 2 aliphatic rings. The summed E-state index contributed by atoms with van der Waals surface area (Å²) < 4.78 is 0. The first kappa shape index (κ1) is 18.9. The third kappa shape index (κ3) is 5.07. The zero-order chi connectivity index (χ0) is 18.4. The van der Waals surface area contributed by atoms with Crippen LogP contribution in [0, 0.1) is 11.8 Å². The Morgan fingerprint density at radius 1 is 1.12 bits per heavy atom. The molecule has 0 aromatic heterocycles. The van der Waals surface area contributed by atoms with Crippen LogP contribution in [0.1, 0.15) is 50.0 Å². The number of likely N-dealkylation sites (tertiary alicyclic amines) is 1. The van der Waals surface area contributed by atoms with Crippen molar-refractivity contribution in [3.05, 3.63) is 35.9 Å². The molecule has 142 valence electrons. The maximum Gasteiger partial charge on any atom is 0.231 e. The van der Waals surface area contributed by atoms with Gasteiger partial charge in [-0.25, -0.2) is 0 Å². The lowest BCUT2D eigenvalue weighted by atomic mass is 9.84. The second-order valence-electron chi connectivity index (χ2n) is 7.85. The zero-order valence-electron chi connectivity index (χ0n) is 15.5. The molecule has 0 radical (unpaired) electrons. The zero-order valence-corrected chi connectivity index (χ0v) is 15.5. The molecule has 1 aliphatic heterocycles. The van der Waals surface area contributed by atoms with E-state index in [1.54, 1.807) is 0 Å². The van der Waals surface area contributed by atoms with Gasteiger partial charge in [0.1, 0.15) is 0 Å². The maximum atomic E-state index is 12.7. The van der Waals surface area contributed by atoms with Crippen molar-refractivity contribution >= 4 is 11.8 Å². The number of hydrogen-bond acceptors (Lipinski definition) is 3. The van der Waals surface area contributed by atoms with Crippen LogP contribution in [0.2, 0.25) is 0 Å². The molecule has 3 N–H and O–H groups in total. The minimum atomic E-state index is -0.323. The van der Waals surface area contributed by atoms with Gasteiger partial charge >= 0.3 is 0 Å². The number of piperidine rings is 1. The first-order valence-electron chi connectivity index (χ1n) is 9.97. The Morgan fingerprint density at radius 2 is 1.85 bits per heavy atom. The summed E-state index contributed by atoms with van der Waals surface area (Å²) in [4.78, 5) is 25.9. The van der Waals surface area contributed by atoms with Crippen LogP contribution >= 0.6 is 0 Å². The summed E-state index contributed by atoms with van der Waals surface area (Å²) in [7, 11) is 0. The molecule has 1 aliphatic carbocycles. The van der Waals surface area contributed by atoms with E-state index in [9.17, 15) is 9.59 Å². The van der Waals surface area contributed by atoms with Gasteiger partial charge in [-0.15, -0.1) is 0 Å². The van der Waals surface area contributed by atoms with E-state index < -0.39 is 0 Å². The van der Waals surface area contributed by atoms with Gasteiger partial charge < -0.3 is 11.1 Å². The molecule has 1 saturated heterocycles. The fraction of sp³-hybridized carbons (Fsp3) is 0.619. The second kappa shape index (κ2) is 9.17. The molecule has 3 rings (SSSR count). The Morgan fingerprint density at radius 3 is 2.54 bits per heavy atom. The SMILES string of the molecule is NC(=O)CN1CCCC(C(=O)NCC(c2ccccc2)C2CCCC2)C1. The van der Waals surface area contributed by atoms with Crippen LogP contribution in [0.25, 0.3) is 0 Å². The lowest BCUT2D eigenvalue weighted by Crippen LogP contribution is -2.46. The minimum Gasteiger partial charge on any atom is -0.369 e. The topological polar surface area (TPSA) is 75.4 Å². The third-order valence-corrected chi connectivity index (χ3v) is 5.95. The fourth-order valence-corrected chi connectivity index (χ4v) is 4.61. The smallest absolute Gasteiger partial charge is 0.231 e. The number of primary amides is 1. The number of benzene rings is 1. The predicted molar refractivity (Wildman–Crippen MR) is 103 cm³/mol. The highest BCUT2D eigenvalue weighted by atomic mass is 16.2. The Hall–Kier alpha value is -1.88. The molecule has 2 unspecified atom stereocenters. The van der Waals surface area contributed by atoms with Crippen LogP contribution < -0.4 is 11.1 Å². The quantitative estimate of drug-likeness (QED) is 0.786. The average molecular weight is 357 g/mol. The van der Waals surface area contributed by atoms with E-state index in [2.05, 4.69) is 29.6 Å². The van der Waals surface area contributed by atoms with Gasteiger partial charge in [-0.3, -0.25) is 14.5 Å². The number of nitrogens with zero attached hydrogens (tertiary/aromatic N) is 1. The van der Waals surface area contributed by atoms with Gasteiger partial charge in [-0.2, -0.15) is 0 Å². The standard InChI is InChI=1S/C21H31N3O2/c22-20(25)15-24-12-6-11-18(14-24)21(26)23-13-19(17-9-4-5-10-17)16-7-2-1-3-8-16/h1-3,7-8,17-19H,4-6,9-15H2,(H2,22,25)(H,23,26). The van der Waals surface area contributed by atoms with Gasteiger partial charge in [0.2, 0.25) is 11.8 Å². The van der Waals surface area contributed by atoms with Crippen molar-refractivity contribution in [1.82, 2.24) is 10.2 Å². The molecule has 2 atom stereocenters. The van der Waals surface area contributed by atoms with E-state index in [1.165, 1.54) is 31.2 Å². The summed E-state index contributed by atoms with van der Waals surface area (Å²) in [6.07, 6.45) is 6.94. The molecule has 1 aromatic rings. The van der Waals surface area contributed by atoms with E-state index in [0.717, 1.165) is 19.4 Å². The second-order valence-corrected chi connectivity index (χ2v) is 7.85. The molecule has 2 fully saturated rings. The van der Waals surface area contributed by atoms with Gasteiger partial charge in [0.15, 0.2) is 0 Å². The van der Waals surface area contributed by atoms with Crippen molar-refractivity contribution < 1.29 is 9.59 Å². The summed E-state index contributed by atoms with van der Waals surface area (Å²) >= 11 is 0. The highest BCUT2D eigenvalue weighted by Crippen LogP contribution is 2.37. The number of carbonyl (C=O) groups excluding carboxylic acids is 2. The summed E-state index contributed by atoms with van der Waals surface area (Å²) in [5.74, 6) is 0.820. The van der Waals surface area contributed by atoms with E-state index >= 15 is 0 Å². The normalized spacial score (nSPS) is 22.8. The Balaban J connectivity index is 1.58. The number of carbonyl (C=O) groups is 2. The molecule has 5 heteroatoms. The van der Waals surface area contributed by atoms with Crippen LogP contribution in [0.4, 0.5) is 0 Å². The number of nitrogens with one attached hydrogen (secondary N) is 1. The Kier molecular flexibility index (Phi) is 6.67. The van der Waals surface area contributed by atoms with Gasteiger partial charge in [0.25, 0.3) is 0 Å². The third-order valence-electron chi connectivity index (χ3n) is 5.95. The van der Waals surface area contributed by atoms with E-state index in [0.29, 0.717) is 24.9 Å². The van der Waals surface area contributed by atoms with Crippen LogP contribution in [0.5, 0.6) is 0 Å². The van der Waals surface area contributed by atoms with Gasteiger partial charge in [0.05, 0.1) is 12.5 Å². The van der Waals surface area contributed by atoms with E-state index in [4.69, 9.17) is 5.73 Å². The molecule has 5 nitrogen and oxygen atoms in total. The van der Waals surface area contributed by atoms with Crippen molar-refractivity contribution in [2.45, 2.75) is 44.4 Å². The maximum absolute atomic E-state index is 12.7. The number of nitrogens with two attached hydrogens (primary N) is 1. The summed E-state index contributed by atoms with van der Waals surface area (Å²) in [5, 5.41) is 3.22. The number of amides is 2. The van der Waals surface area contributed by atoms with Crippen LogP contribution in [0.3, 0.4) is 0 Å². The highest BCUT2D eigenvalue weighted by Gasteiger charge is 2.29. The lowest BCUT2D eigenvalue weighted by molar-refractivity contribution is -0.128. The number of hydrogen-bond donors (Lipinski definition) is 2. The van der Waals surface area contributed by atoms with E-state index in [1.807, 2.05) is 11.0 Å². The van der Waals surface area contributed by atoms with Crippen LogP contribution in [-0.2, 0) is 9.59 Å². The molecule has 2 amide bonds. The number of rotatable bonds is 7. The van der Waals surface area contributed by atoms with Crippen molar-refractivity contribution in [2.24, 2.45) is 17.6 Å². The molecule has 26 heavy (non-hydrogen) atoms. The first-order chi connectivity index (χ1) is 12.6. The van der Waals surface area contributed by atoms with Gasteiger partial charge in [-0.05, 0) is 43.7 Å². The molecular weight excluding hydrogens is 326 g/mol. The van der Waals surface area contributed by atoms with E-state index in [-0.39, 0.29) is 24.3 Å². The monoisotopic (exact) mass is 357 g/mol. The minimum absolute atomic E-state index is 0.0388. The average Bonchev–Trinajstić information content (AvgIpc) is 3.17. The predicted octanol–water partition coefficient (Wildman–Crippen LogP) is 2.27. The summed E-state index contributed by atoms with van der Waals surface area (Å²) in [6.45, 7) is 2.44. The first-order valence-corrected chi connectivity index (χ1v) is 9.97. The molecule has 1 heterocycles. The van der Waals surface area contributed by atoms with Gasteiger partial charge in [0, 0.05) is 19.0 Å². The molecule has 1 saturated carbocycles.